The Hall–Kier alpha value is -0.810. The molecule has 1 atom stereocenters. The molecule has 0 amide bonds. The van der Waals surface area contributed by atoms with E-state index in [1.807, 2.05) is 13.0 Å². The first kappa shape index (κ1) is 13.2. The zero-order valence-electron chi connectivity index (χ0n) is 9.50. The summed E-state index contributed by atoms with van der Waals surface area (Å²) in [6.07, 6.45) is 6.82. The number of hydrogen-bond acceptors (Lipinski definition) is 2. The molecule has 0 N–H and O–H groups in total. The Morgan fingerprint density at radius 3 is 2.71 bits per heavy atom. The van der Waals surface area contributed by atoms with Gasteiger partial charge in [0.15, 0.2) is 0 Å². The molecule has 1 unspecified atom stereocenters. The van der Waals surface area contributed by atoms with Crippen LogP contribution in [0.4, 0.5) is 0 Å². The monoisotopic (exact) mass is 194 g/mol. The van der Waals surface area contributed by atoms with E-state index in [1.165, 1.54) is 19.3 Å². The van der Waals surface area contributed by atoms with Crippen LogP contribution in [-0.4, -0.2) is 25.0 Å². The summed E-state index contributed by atoms with van der Waals surface area (Å²) in [5.74, 6) is 0.146. The van der Waals surface area contributed by atoms with E-state index in [4.69, 9.17) is 5.26 Å². The van der Waals surface area contributed by atoms with Crippen LogP contribution in [0.25, 0.3) is 0 Å². The van der Waals surface area contributed by atoms with E-state index >= 15 is 0 Å². The van der Waals surface area contributed by atoms with Crippen LogP contribution in [0.15, 0.2) is 12.7 Å². The SMILES string of the molecule is C=CCCCCCN(C)CC(C)C#N. The average Bonchev–Trinajstić information content (AvgIpc) is 2.17. The minimum Gasteiger partial charge on any atom is -0.305 e. The number of unbranched alkanes of at least 4 members (excludes halogenated alkanes) is 3. The van der Waals surface area contributed by atoms with E-state index in [9.17, 15) is 0 Å². The molecule has 2 nitrogen and oxygen atoms in total. The topological polar surface area (TPSA) is 27.0 Å². The van der Waals surface area contributed by atoms with E-state index in [-0.39, 0.29) is 5.92 Å². The van der Waals surface area contributed by atoms with Gasteiger partial charge in [-0.05, 0) is 39.8 Å². The molecule has 0 aliphatic carbocycles. The van der Waals surface area contributed by atoms with E-state index < -0.39 is 0 Å². The van der Waals surface area contributed by atoms with Crippen LogP contribution in [0.1, 0.15) is 32.6 Å². The molecule has 0 rings (SSSR count). The fourth-order valence-electron chi connectivity index (χ4n) is 1.45. The van der Waals surface area contributed by atoms with Gasteiger partial charge in [-0.25, -0.2) is 0 Å². The zero-order chi connectivity index (χ0) is 10.8. The Balaban J connectivity index is 3.31. The number of rotatable bonds is 8. The van der Waals surface area contributed by atoms with Gasteiger partial charge in [0.1, 0.15) is 0 Å². The number of nitrogens with zero attached hydrogens (tertiary/aromatic N) is 2. The predicted molar refractivity (Wildman–Crippen MR) is 60.9 cm³/mol. The van der Waals surface area contributed by atoms with Crippen molar-refractivity contribution in [3.8, 4) is 6.07 Å². The Labute approximate surface area is 88.2 Å². The molecule has 2 heteroatoms. The summed E-state index contributed by atoms with van der Waals surface area (Å²) < 4.78 is 0. The standard InChI is InChI=1S/C12H22N2/c1-4-5-6-7-8-9-14(3)11-12(2)10-13/h4,12H,1,5-9,11H2,2-3H3. The van der Waals surface area contributed by atoms with Crippen LogP contribution in [0.3, 0.4) is 0 Å². The van der Waals surface area contributed by atoms with Gasteiger partial charge in [0.05, 0.1) is 12.0 Å². The first-order chi connectivity index (χ1) is 6.70. The predicted octanol–water partition coefficient (Wildman–Crippen LogP) is 2.82. The molecule has 14 heavy (non-hydrogen) atoms. The van der Waals surface area contributed by atoms with Gasteiger partial charge < -0.3 is 4.90 Å². The first-order valence-corrected chi connectivity index (χ1v) is 5.39. The van der Waals surface area contributed by atoms with Crippen LogP contribution in [0, 0.1) is 17.2 Å². The maximum atomic E-state index is 8.64. The maximum Gasteiger partial charge on any atom is 0.0666 e. The van der Waals surface area contributed by atoms with Crippen LogP contribution >= 0.6 is 0 Å². The lowest BCUT2D eigenvalue weighted by Crippen LogP contribution is -2.24. The van der Waals surface area contributed by atoms with Gasteiger partial charge in [0.2, 0.25) is 0 Å². The lowest BCUT2D eigenvalue weighted by Gasteiger charge is -2.17. The molecular weight excluding hydrogens is 172 g/mol. The van der Waals surface area contributed by atoms with Crippen molar-refractivity contribution in [2.45, 2.75) is 32.6 Å². The summed E-state index contributed by atoms with van der Waals surface area (Å²) in [5, 5.41) is 8.64. The van der Waals surface area contributed by atoms with Gasteiger partial charge in [-0.1, -0.05) is 12.5 Å². The summed E-state index contributed by atoms with van der Waals surface area (Å²) in [6, 6.07) is 2.25. The Morgan fingerprint density at radius 1 is 1.43 bits per heavy atom. The lowest BCUT2D eigenvalue weighted by molar-refractivity contribution is 0.303. The molecule has 0 aliphatic heterocycles. The molecule has 0 saturated carbocycles. The second-order valence-corrected chi connectivity index (χ2v) is 3.93. The molecule has 0 fully saturated rings. The largest absolute Gasteiger partial charge is 0.305 e. The zero-order valence-corrected chi connectivity index (χ0v) is 9.50. The lowest BCUT2D eigenvalue weighted by atomic mass is 10.1. The van der Waals surface area contributed by atoms with Crippen LogP contribution < -0.4 is 0 Å². The molecular formula is C12H22N2. The summed E-state index contributed by atoms with van der Waals surface area (Å²) >= 11 is 0. The highest BCUT2D eigenvalue weighted by atomic mass is 15.1. The Bertz CT molecular complexity index is 181. The van der Waals surface area contributed by atoms with Crippen LogP contribution in [-0.2, 0) is 0 Å². The summed E-state index contributed by atoms with van der Waals surface area (Å²) in [7, 11) is 2.08. The molecule has 0 radical (unpaired) electrons. The van der Waals surface area contributed by atoms with Crippen LogP contribution in [0.5, 0.6) is 0 Å². The normalized spacial score (nSPS) is 12.4. The van der Waals surface area contributed by atoms with E-state index in [2.05, 4.69) is 24.6 Å². The van der Waals surface area contributed by atoms with E-state index in [0.29, 0.717) is 0 Å². The van der Waals surface area contributed by atoms with Crippen molar-refractivity contribution in [2.24, 2.45) is 5.92 Å². The first-order valence-electron chi connectivity index (χ1n) is 5.39. The third-order valence-corrected chi connectivity index (χ3v) is 2.25. The molecule has 0 aromatic rings. The summed E-state index contributed by atoms with van der Waals surface area (Å²) in [6.45, 7) is 7.65. The number of hydrogen-bond donors (Lipinski definition) is 0. The van der Waals surface area contributed by atoms with Gasteiger partial charge in [0.25, 0.3) is 0 Å². The fourth-order valence-corrected chi connectivity index (χ4v) is 1.45. The fraction of sp³-hybridized carbons (Fsp3) is 0.750. The molecule has 0 spiro atoms. The molecule has 0 aromatic carbocycles. The highest BCUT2D eigenvalue weighted by Gasteiger charge is 2.03. The van der Waals surface area contributed by atoms with Crippen LogP contribution in [0.2, 0.25) is 0 Å². The molecule has 0 heterocycles. The van der Waals surface area contributed by atoms with E-state index in [0.717, 1.165) is 19.5 Å². The van der Waals surface area contributed by atoms with Gasteiger partial charge in [-0.3, -0.25) is 0 Å². The van der Waals surface area contributed by atoms with Gasteiger partial charge in [0, 0.05) is 6.54 Å². The highest BCUT2D eigenvalue weighted by Crippen LogP contribution is 2.03. The quantitative estimate of drug-likeness (QED) is 0.439. The second kappa shape index (κ2) is 8.77. The van der Waals surface area contributed by atoms with Crippen molar-refractivity contribution in [1.82, 2.24) is 4.90 Å². The third kappa shape index (κ3) is 7.82. The minimum atomic E-state index is 0.146. The van der Waals surface area contributed by atoms with Crippen molar-refractivity contribution < 1.29 is 0 Å². The Morgan fingerprint density at radius 2 is 2.14 bits per heavy atom. The second-order valence-electron chi connectivity index (χ2n) is 3.93. The number of nitriles is 1. The smallest absolute Gasteiger partial charge is 0.0666 e. The third-order valence-electron chi connectivity index (χ3n) is 2.25. The molecule has 0 aliphatic rings. The van der Waals surface area contributed by atoms with Gasteiger partial charge >= 0.3 is 0 Å². The van der Waals surface area contributed by atoms with Gasteiger partial charge in [-0.2, -0.15) is 5.26 Å². The van der Waals surface area contributed by atoms with E-state index in [1.54, 1.807) is 0 Å². The average molecular weight is 194 g/mol. The summed E-state index contributed by atoms with van der Waals surface area (Å²) in [5.41, 5.74) is 0. The molecule has 0 aromatic heterocycles. The van der Waals surface area contributed by atoms with Gasteiger partial charge in [-0.15, -0.1) is 6.58 Å². The Kier molecular flexibility index (Phi) is 8.27. The minimum absolute atomic E-state index is 0.146. The van der Waals surface area contributed by atoms with Crippen molar-refractivity contribution in [2.75, 3.05) is 20.1 Å². The van der Waals surface area contributed by atoms with Crippen molar-refractivity contribution in [1.29, 1.82) is 5.26 Å². The molecule has 0 saturated heterocycles. The van der Waals surface area contributed by atoms with Crippen molar-refractivity contribution in [3.05, 3.63) is 12.7 Å². The van der Waals surface area contributed by atoms with Crippen molar-refractivity contribution >= 4 is 0 Å². The highest BCUT2D eigenvalue weighted by molar-refractivity contribution is 4.80. The van der Waals surface area contributed by atoms with Crippen molar-refractivity contribution in [3.63, 3.8) is 0 Å². The number of allylic oxidation sites excluding steroid dienone is 1. The molecule has 80 valence electrons. The summed E-state index contributed by atoms with van der Waals surface area (Å²) in [4.78, 5) is 2.24. The molecule has 0 bridgehead atoms. The maximum absolute atomic E-state index is 8.64.